The molecule has 30 heavy (non-hydrogen) atoms. The molecule has 0 bridgehead atoms. The van der Waals surface area contributed by atoms with E-state index < -0.39 is 9.84 Å². The van der Waals surface area contributed by atoms with Crippen molar-refractivity contribution < 1.29 is 22.7 Å². The van der Waals surface area contributed by atoms with E-state index in [0.717, 1.165) is 5.69 Å². The van der Waals surface area contributed by atoms with Gasteiger partial charge in [0.2, 0.25) is 0 Å². The van der Waals surface area contributed by atoms with Crippen molar-refractivity contribution in [3.8, 4) is 11.5 Å². The maximum Gasteiger partial charge on any atom is 0.255 e. The number of thioether (sulfide) groups is 1. The number of anilines is 2. The Morgan fingerprint density at radius 2 is 1.87 bits per heavy atom. The quantitative estimate of drug-likeness (QED) is 0.726. The van der Waals surface area contributed by atoms with Crippen LogP contribution in [0.25, 0.3) is 0 Å². The van der Waals surface area contributed by atoms with Crippen LogP contribution in [0.15, 0.2) is 47.5 Å². The molecule has 0 aliphatic carbocycles. The summed E-state index contributed by atoms with van der Waals surface area (Å²) in [5.41, 5.74) is 1.81. The number of methoxy groups -OCH3 is 2. The summed E-state index contributed by atoms with van der Waals surface area (Å²) in [6.07, 6.45) is 0. The van der Waals surface area contributed by atoms with E-state index in [0.29, 0.717) is 27.9 Å². The minimum atomic E-state index is -2.97. The van der Waals surface area contributed by atoms with Gasteiger partial charge in [0.1, 0.15) is 11.5 Å². The molecule has 4 rings (SSSR count). The fourth-order valence-electron chi connectivity index (χ4n) is 3.34. The van der Waals surface area contributed by atoms with E-state index in [1.165, 1.54) is 18.9 Å². The number of hydrogen-bond acceptors (Lipinski definition) is 8. The van der Waals surface area contributed by atoms with Crippen molar-refractivity contribution in [2.24, 2.45) is 4.99 Å². The van der Waals surface area contributed by atoms with E-state index in [1.807, 2.05) is 0 Å². The van der Waals surface area contributed by atoms with Crippen molar-refractivity contribution in [2.75, 3.05) is 36.4 Å². The second-order valence-electron chi connectivity index (χ2n) is 6.96. The molecule has 1 fully saturated rings. The summed E-state index contributed by atoms with van der Waals surface area (Å²) in [6.45, 7) is 0. The first-order valence-corrected chi connectivity index (χ1v) is 11.9. The van der Waals surface area contributed by atoms with Gasteiger partial charge in [-0.15, -0.1) is 0 Å². The van der Waals surface area contributed by atoms with E-state index in [2.05, 4.69) is 15.6 Å². The molecule has 2 aromatic rings. The number of amidine groups is 1. The first-order chi connectivity index (χ1) is 14.4. The van der Waals surface area contributed by atoms with Crippen LogP contribution in [0.1, 0.15) is 10.4 Å². The van der Waals surface area contributed by atoms with Crippen molar-refractivity contribution >= 4 is 44.0 Å². The zero-order valence-corrected chi connectivity index (χ0v) is 18.0. The van der Waals surface area contributed by atoms with Gasteiger partial charge in [0.05, 0.1) is 37.5 Å². The van der Waals surface area contributed by atoms with Gasteiger partial charge in [-0.25, -0.2) is 8.42 Å². The summed E-state index contributed by atoms with van der Waals surface area (Å²) in [4.78, 5) is 17.1. The van der Waals surface area contributed by atoms with E-state index in [-0.39, 0.29) is 28.7 Å². The van der Waals surface area contributed by atoms with Crippen LogP contribution in [0.3, 0.4) is 0 Å². The molecule has 2 aliphatic rings. The highest BCUT2D eigenvalue weighted by molar-refractivity contribution is 8.15. The lowest BCUT2D eigenvalue weighted by Gasteiger charge is -2.12. The fraction of sp³-hybridized carbons (Fsp3) is 0.300. The highest BCUT2D eigenvalue weighted by Gasteiger charge is 2.42. The Bertz CT molecular complexity index is 1100. The summed E-state index contributed by atoms with van der Waals surface area (Å²) >= 11 is 1.45. The molecule has 2 atom stereocenters. The number of nitrogens with one attached hydrogen (secondary N) is 2. The van der Waals surface area contributed by atoms with Crippen molar-refractivity contribution in [3.05, 3.63) is 48.0 Å². The summed E-state index contributed by atoms with van der Waals surface area (Å²) in [5, 5.41) is 6.72. The number of sulfone groups is 1. The fourth-order valence-corrected chi connectivity index (χ4v) is 7.02. The van der Waals surface area contributed by atoms with Gasteiger partial charge in [-0.05, 0) is 36.4 Å². The molecular formula is C20H21N3O5S2. The molecule has 0 radical (unpaired) electrons. The third-order valence-electron chi connectivity index (χ3n) is 4.87. The Kier molecular flexibility index (Phi) is 5.61. The number of benzene rings is 2. The van der Waals surface area contributed by atoms with Crippen LogP contribution < -0.4 is 20.1 Å². The van der Waals surface area contributed by atoms with E-state index in [9.17, 15) is 13.2 Å². The first kappa shape index (κ1) is 20.5. The average molecular weight is 448 g/mol. The van der Waals surface area contributed by atoms with Gasteiger partial charge in [0.15, 0.2) is 15.0 Å². The molecule has 0 spiro atoms. The number of amides is 1. The molecule has 1 amide bonds. The van der Waals surface area contributed by atoms with Gasteiger partial charge in [-0.2, -0.15) is 0 Å². The number of aliphatic imine (C=N–C) groups is 1. The summed E-state index contributed by atoms with van der Waals surface area (Å²) in [5.74, 6) is 1.16. The largest absolute Gasteiger partial charge is 0.497 e. The molecule has 2 heterocycles. The van der Waals surface area contributed by atoms with Gasteiger partial charge in [0, 0.05) is 22.6 Å². The summed E-state index contributed by atoms with van der Waals surface area (Å²) in [6, 6.07) is 12.0. The van der Waals surface area contributed by atoms with Gasteiger partial charge in [-0.1, -0.05) is 11.8 Å². The maximum atomic E-state index is 12.6. The number of fused-ring (bicyclic) bond motifs is 1. The lowest BCUT2D eigenvalue weighted by molar-refractivity contribution is 0.102. The monoisotopic (exact) mass is 447 g/mol. The van der Waals surface area contributed by atoms with E-state index in [1.54, 1.807) is 49.6 Å². The third-order valence-corrected chi connectivity index (χ3v) is 8.02. The van der Waals surface area contributed by atoms with Crippen LogP contribution in [0.5, 0.6) is 11.5 Å². The van der Waals surface area contributed by atoms with Crippen LogP contribution >= 0.6 is 11.8 Å². The number of carbonyl (C=O) groups excluding carboxylic acids is 1. The number of nitrogens with zero attached hydrogens (tertiary/aromatic N) is 1. The van der Waals surface area contributed by atoms with Crippen LogP contribution in [0, 0.1) is 0 Å². The topological polar surface area (TPSA) is 106 Å². The lowest BCUT2D eigenvalue weighted by Crippen LogP contribution is -2.13. The molecule has 0 unspecified atom stereocenters. The number of ether oxygens (including phenoxy) is 2. The van der Waals surface area contributed by atoms with Gasteiger partial charge in [-0.3, -0.25) is 9.79 Å². The normalized spacial score (nSPS) is 21.5. The lowest BCUT2D eigenvalue weighted by atomic mass is 10.2. The van der Waals surface area contributed by atoms with Gasteiger partial charge < -0.3 is 20.1 Å². The van der Waals surface area contributed by atoms with E-state index >= 15 is 0 Å². The average Bonchev–Trinajstić information content (AvgIpc) is 3.21. The molecule has 8 nitrogen and oxygen atoms in total. The van der Waals surface area contributed by atoms with Crippen LogP contribution in [-0.2, 0) is 9.84 Å². The molecule has 2 aromatic carbocycles. The van der Waals surface area contributed by atoms with E-state index in [4.69, 9.17) is 9.47 Å². The van der Waals surface area contributed by atoms with Gasteiger partial charge >= 0.3 is 0 Å². The van der Waals surface area contributed by atoms with Crippen LogP contribution in [-0.4, -0.2) is 56.5 Å². The number of hydrogen-bond donors (Lipinski definition) is 2. The molecule has 10 heteroatoms. The Balaban J connectivity index is 1.40. The highest BCUT2D eigenvalue weighted by atomic mass is 32.2. The Morgan fingerprint density at radius 1 is 1.10 bits per heavy atom. The molecule has 1 saturated heterocycles. The Labute approximate surface area is 179 Å². The molecular weight excluding hydrogens is 426 g/mol. The zero-order valence-electron chi connectivity index (χ0n) is 16.4. The number of carbonyl (C=O) groups is 1. The van der Waals surface area contributed by atoms with Crippen molar-refractivity contribution in [1.29, 1.82) is 0 Å². The maximum absolute atomic E-state index is 12.6. The summed E-state index contributed by atoms with van der Waals surface area (Å²) < 4.78 is 33.8. The minimum Gasteiger partial charge on any atom is -0.497 e. The predicted molar refractivity (Wildman–Crippen MR) is 119 cm³/mol. The Hall–Kier alpha value is -2.72. The standard InChI is InChI=1S/C20H21N3O5S2/c1-27-14-7-8-15(17(9-14)28-2)22-19(24)12-3-5-13(6-4-12)21-20-23-16-10-30(25,26)11-18(16)29-20/h3-9,16,18H,10-11H2,1-2H3,(H,21,23)(H,22,24)/t16-,18-/m1/s1. The predicted octanol–water partition coefficient (Wildman–Crippen LogP) is 2.64. The first-order valence-electron chi connectivity index (χ1n) is 9.22. The summed E-state index contributed by atoms with van der Waals surface area (Å²) in [7, 11) is 0.120. The molecule has 158 valence electrons. The van der Waals surface area contributed by atoms with Crippen LogP contribution in [0.2, 0.25) is 0 Å². The molecule has 2 aliphatic heterocycles. The second kappa shape index (κ2) is 8.19. The number of rotatable bonds is 5. The second-order valence-corrected chi connectivity index (χ2v) is 10.3. The minimum absolute atomic E-state index is 0.0120. The Morgan fingerprint density at radius 3 is 2.53 bits per heavy atom. The van der Waals surface area contributed by atoms with Crippen molar-refractivity contribution in [3.63, 3.8) is 0 Å². The SMILES string of the molecule is COc1ccc(NC(=O)c2ccc(NC3=N[C@@H]4CS(=O)(=O)C[C@H]4S3)cc2)c(OC)c1. The van der Waals surface area contributed by atoms with Crippen molar-refractivity contribution in [1.82, 2.24) is 0 Å². The van der Waals surface area contributed by atoms with Crippen molar-refractivity contribution in [2.45, 2.75) is 11.3 Å². The molecule has 2 N–H and O–H groups in total. The zero-order chi connectivity index (χ0) is 21.3. The molecule has 0 aromatic heterocycles. The smallest absolute Gasteiger partial charge is 0.255 e. The third kappa shape index (κ3) is 4.39. The highest BCUT2D eigenvalue weighted by Crippen LogP contribution is 2.34. The van der Waals surface area contributed by atoms with Gasteiger partial charge in [0.25, 0.3) is 5.91 Å². The van der Waals surface area contributed by atoms with Crippen LogP contribution in [0.4, 0.5) is 11.4 Å². The molecule has 0 saturated carbocycles.